The van der Waals surface area contributed by atoms with Gasteiger partial charge < -0.3 is 15.3 Å². The summed E-state index contributed by atoms with van der Waals surface area (Å²) in [5, 5.41) is 12.5. The normalized spacial score (nSPS) is 36.9. The molecule has 3 unspecified atom stereocenters. The Kier molecular flexibility index (Phi) is 3.53. The number of β-amino-alcohol motifs (C(OH)–C–C–N with tert-alkyl or cyclic N) is 1. The molecule has 0 aromatic rings. The Balaban J connectivity index is 1.94. The van der Waals surface area contributed by atoms with Gasteiger partial charge in [0.1, 0.15) is 0 Å². The predicted molar refractivity (Wildman–Crippen MR) is 60.9 cm³/mol. The standard InChI is InChI=1S/C10H18N2O2S/c1-7-6-15-3-2-12(7)10(14)9-4-8(13)5-11-9/h7-9,11,13H,2-6H2,1H3. The molecule has 2 aliphatic rings. The first-order valence-corrected chi connectivity index (χ1v) is 6.63. The smallest absolute Gasteiger partial charge is 0.240 e. The van der Waals surface area contributed by atoms with E-state index in [9.17, 15) is 9.90 Å². The maximum Gasteiger partial charge on any atom is 0.240 e. The quantitative estimate of drug-likeness (QED) is 0.648. The first kappa shape index (κ1) is 11.2. The van der Waals surface area contributed by atoms with Gasteiger partial charge >= 0.3 is 0 Å². The van der Waals surface area contributed by atoms with Crippen LogP contribution in [-0.2, 0) is 4.79 Å². The molecule has 0 radical (unpaired) electrons. The molecule has 2 rings (SSSR count). The van der Waals surface area contributed by atoms with E-state index < -0.39 is 0 Å². The number of nitrogens with zero attached hydrogens (tertiary/aromatic N) is 1. The minimum atomic E-state index is -0.353. The van der Waals surface area contributed by atoms with Gasteiger partial charge in [-0.15, -0.1) is 0 Å². The summed E-state index contributed by atoms with van der Waals surface area (Å²) in [6.45, 7) is 3.49. The molecule has 0 bridgehead atoms. The third-order valence-electron chi connectivity index (χ3n) is 3.06. The molecule has 2 saturated heterocycles. The van der Waals surface area contributed by atoms with E-state index >= 15 is 0 Å². The fourth-order valence-electron chi connectivity index (χ4n) is 2.16. The minimum Gasteiger partial charge on any atom is -0.392 e. The third-order valence-corrected chi connectivity index (χ3v) is 4.25. The first-order valence-electron chi connectivity index (χ1n) is 5.48. The van der Waals surface area contributed by atoms with Gasteiger partial charge in [0.05, 0.1) is 12.1 Å². The summed E-state index contributed by atoms with van der Waals surface area (Å²) in [4.78, 5) is 14.0. The number of nitrogens with one attached hydrogen (secondary N) is 1. The van der Waals surface area contributed by atoms with Gasteiger partial charge in [-0.2, -0.15) is 11.8 Å². The summed E-state index contributed by atoms with van der Waals surface area (Å²) in [6, 6.07) is 0.168. The van der Waals surface area contributed by atoms with E-state index in [-0.39, 0.29) is 18.1 Å². The Morgan fingerprint density at radius 2 is 2.40 bits per heavy atom. The third kappa shape index (κ3) is 2.46. The zero-order valence-electron chi connectivity index (χ0n) is 8.98. The number of aliphatic hydroxyl groups excluding tert-OH is 1. The van der Waals surface area contributed by atoms with Crippen molar-refractivity contribution in [2.75, 3.05) is 24.6 Å². The van der Waals surface area contributed by atoms with Crippen LogP contribution in [0.3, 0.4) is 0 Å². The number of aliphatic hydroxyl groups is 1. The molecule has 4 nitrogen and oxygen atoms in total. The molecule has 0 aromatic carbocycles. The van der Waals surface area contributed by atoms with Crippen molar-refractivity contribution < 1.29 is 9.90 Å². The maximum absolute atomic E-state index is 12.1. The number of amides is 1. The van der Waals surface area contributed by atoms with E-state index in [1.807, 2.05) is 16.7 Å². The van der Waals surface area contributed by atoms with Gasteiger partial charge in [0, 0.05) is 30.6 Å². The molecule has 1 amide bonds. The highest BCUT2D eigenvalue weighted by atomic mass is 32.2. The second-order valence-electron chi connectivity index (χ2n) is 4.31. The van der Waals surface area contributed by atoms with E-state index in [0.717, 1.165) is 18.1 Å². The molecule has 5 heteroatoms. The summed E-state index contributed by atoms with van der Waals surface area (Å²) < 4.78 is 0. The van der Waals surface area contributed by atoms with Crippen LogP contribution in [0.15, 0.2) is 0 Å². The lowest BCUT2D eigenvalue weighted by Crippen LogP contribution is -2.51. The number of thioether (sulfide) groups is 1. The molecule has 2 heterocycles. The van der Waals surface area contributed by atoms with Crippen LogP contribution in [0.5, 0.6) is 0 Å². The lowest BCUT2D eigenvalue weighted by Gasteiger charge is -2.34. The van der Waals surface area contributed by atoms with Crippen LogP contribution in [0.4, 0.5) is 0 Å². The summed E-state index contributed by atoms with van der Waals surface area (Å²) in [5.74, 6) is 2.23. The van der Waals surface area contributed by atoms with Gasteiger partial charge in [0.25, 0.3) is 0 Å². The molecular formula is C10H18N2O2S. The van der Waals surface area contributed by atoms with Crippen LogP contribution >= 0.6 is 11.8 Å². The van der Waals surface area contributed by atoms with Crippen molar-refractivity contribution in [2.45, 2.75) is 31.5 Å². The van der Waals surface area contributed by atoms with Gasteiger partial charge in [0.2, 0.25) is 5.91 Å². The van der Waals surface area contributed by atoms with Gasteiger partial charge in [-0.05, 0) is 13.3 Å². The molecule has 3 atom stereocenters. The minimum absolute atomic E-state index is 0.162. The molecule has 0 spiro atoms. The number of carbonyl (C=O) groups excluding carboxylic acids is 1. The van der Waals surface area contributed by atoms with Crippen molar-refractivity contribution in [1.82, 2.24) is 10.2 Å². The lowest BCUT2D eigenvalue weighted by atomic mass is 10.1. The second kappa shape index (κ2) is 4.72. The summed E-state index contributed by atoms with van der Waals surface area (Å²) in [6.07, 6.45) is 0.211. The molecular weight excluding hydrogens is 212 g/mol. The molecule has 2 N–H and O–H groups in total. The monoisotopic (exact) mass is 230 g/mol. The number of hydrogen-bond acceptors (Lipinski definition) is 4. The maximum atomic E-state index is 12.1. The van der Waals surface area contributed by atoms with Crippen molar-refractivity contribution in [2.24, 2.45) is 0 Å². The average Bonchev–Trinajstić information content (AvgIpc) is 2.65. The zero-order chi connectivity index (χ0) is 10.8. The van der Waals surface area contributed by atoms with Crippen LogP contribution in [0.1, 0.15) is 13.3 Å². The first-order chi connectivity index (χ1) is 7.18. The SMILES string of the molecule is CC1CSCCN1C(=O)C1CC(O)CN1. The molecule has 2 fully saturated rings. The fraction of sp³-hybridized carbons (Fsp3) is 0.900. The number of rotatable bonds is 1. The lowest BCUT2D eigenvalue weighted by molar-refractivity contribution is -0.134. The molecule has 86 valence electrons. The predicted octanol–water partition coefficient (Wildman–Crippen LogP) is -0.327. The molecule has 0 aromatic heterocycles. The van der Waals surface area contributed by atoms with E-state index in [4.69, 9.17) is 0 Å². The zero-order valence-corrected chi connectivity index (χ0v) is 9.80. The Labute approximate surface area is 94.4 Å². The average molecular weight is 230 g/mol. The Morgan fingerprint density at radius 3 is 3.00 bits per heavy atom. The van der Waals surface area contributed by atoms with Crippen molar-refractivity contribution in [1.29, 1.82) is 0 Å². The highest BCUT2D eigenvalue weighted by Gasteiger charge is 2.33. The van der Waals surface area contributed by atoms with Gasteiger partial charge in [-0.3, -0.25) is 4.79 Å². The van der Waals surface area contributed by atoms with Crippen molar-refractivity contribution >= 4 is 17.7 Å². The summed E-state index contributed by atoms with van der Waals surface area (Å²) in [7, 11) is 0. The van der Waals surface area contributed by atoms with E-state index in [2.05, 4.69) is 12.2 Å². The van der Waals surface area contributed by atoms with Crippen molar-refractivity contribution in [3.63, 3.8) is 0 Å². The van der Waals surface area contributed by atoms with Crippen LogP contribution in [0.25, 0.3) is 0 Å². The van der Waals surface area contributed by atoms with E-state index in [0.29, 0.717) is 19.0 Å². The Morgan fingerprint density at radius 1 is 1.60 bits per heavy atom. The van der Waals surface area contributed by atoms with Gasteiger partial charge in [0.15, 0.2) is 0 Å². The van der Waals surface area contributed by atoms with Crippen LogP contribution in [0, 0.1) is 0 Å². The van der Waals surface area contributed by atoms with E-state index in [1.165, 1.54) is 0 Å². The highest BCUT2D eigenvalue weighted by molar-refractivity contribution is 7.99. The van der Waals surface area contributed by atoms with Crippen LogP contribution in [-0.4, -0.2) is 58.7 Å². The summed E-state index contributed by atoms with van der Waals surface area (Å²) in [5.41, 5.74) is 0. The Hall–Kier alpha value is -0.260. The number of hydrogen-bond donors (Lipinski definition) is 2. The molecule has 15 heavy (non-hydrogen) atoms. The molecule has 0 aliphatic carbocycles. The Bertz CT molecular complexity index is 250. The van der Waals surface area contributed by atoms with Crippen molar-refractivity contribution in [3.8, 4) is 0 Å². The largest absolute Gasteiger partial charge is 0.392 e. The van der Waals surface area contributed by atoms with E-state index in [1.54, 1.807) is 0 Å². The number of carbonyl (C=O) groups is 1. The van der Waals surface area contributed by atoms with Gasteiger partial charge in [-0.1, -0.05) is 0 Å². The summed E-state index contributed by atoms with van der Waals surface area (Å²) >= 11 is 1.90. The van der Waals surface area contributed by atoms with Crippen molar-refractivity contribution in [3.05, 3.63) is 0 Å². The highest BCUT2D eigenvalue weighted by Crippen LogP contribution is 2.19. The molecule has 0 saturated carbocycles. The van der Waals surface area contributed by atoms with Crippen LogP contribution in [0.2, 0.25) is 0 Å². The fourth-order valence-corrected chi connectivity index (χ4v) is 3.17. The van der Waals surface area contributed by atoms with Crippen LogP contribution < -0.4 is 5.32 Å². The van der Waals surface area contributed by atoms with Gasteiger partial charge in [-0.25, -0.2) is 0 Å². The molecule has 2 aliphatic heterocycles. The second-order valence-corrected chi connectivity index (χ2v) is 5.46. The topological polar surface area (TPSA) is 52.6 Å².